The molecule has 1 saturated heterocycles. The highest BCUT2D eigenvalue weighted by atomic mass is 32.2. The van der Waals surface area contributed by atoms with Gasteiger partial charge in [-0.05, 0) is 38.1 Å². The molecule has 3 N–H and O–H groups in total. The van der Waals surface area contributed by atoms with Crippen LogP contribution in [0.5, 0.6) is 0 Å². The van der Waals surface area contributed by atoms with Gasteiger partial charge in [-0.1, -0.05) is 0 Å². The van der Waals surface area contributed by atoms with Crippen LogP contribution in [0.15, 0.2) is 0 Å². The van der Waals surface area contributed by atoms with E-state index in [0.29, 0.717) is 19.6 Å². The van der Waals surface area contributed by atoms with Crippen molar-refractivity contribution in [1.29, 1.82) is 0 Å². The number of piperidine rings is 1. The molecule has 0 aromatic carbocycles. The van der Waals surface area contributed by atoms with E-state index in [1.165, 1.54) is 4.31 Å². The molecule has 20 heavy (non-hydrogen) atoms. The van der Waals surface area contributed by atoms with Crippen molar-refractivity contribution in [3.05, 3.63) is 0 Å². The van der Waals surface area contributed by atoms with Gasteiger partial charge in [-0.25, -0.2) is 4.72 Å². The molecule has 0 aromatic heterocycles. The van der Waals surface area contributed by atoms with E-state index in [1.54, 1.807) is 0 Å². The Morgan fingerprint density at radius 3 is 2.60 bits per heavy atom. The van der Waals surface area contributed by atoms with Crippen molar-refractivity contribution in [3.8, 4) is 0 Å². The number of unbranched alkanes of at least 4 members (excludes halogenated alkanes) is 1. The highest BCUT2D eigenvalue weighted by Crippen LogP contribution is 2.22. The summed E-state index contributed by atoms with van der Waals surface area (Å²) in [5.41, 5.74) is 5.54. The van der Waals surface area contributed by atoms with Gasteiger partial charge in [0.05, 0.1) is 0 Å². The molecular weight excluding hydrogens is 295 g/mol. The first kappa shape index (κ1) is 17.7. The summed E-state index contributed by atoms with van der Waals surface area (Å²) < 4.78 is 63.4. The van der Waals surface area contributed by atoms with Gasteiger partial charge >= 0.3 is 6.18 Å². The number of alkyl halides is 3. The standard InChI is InChI=1S/C11H22F3N3O2S/c12-11(13,14)5-1-2-6-16-20(18,19)17-7-3-4-10(8-15)9-17/h10,16H,1-9,15H2. The molecule has 1 atom stereocenters. The lowest BCUT2D eigenvalue weighted by molar-refractivity contribution is -0.135. The van der Waals surface area contributed by atoms with Gasteiger partial charge < -0.3 is 5.73 Å². The average molecular weight is 317 g/mol. The van der Waals surface area contributed by atoms with E-state index in [2.05, 4.69) is 4.72 Å². The second kappa shape index (κ2) is 7.58. The van der Waals surface area contributed by atoms with Crippen molar-refractivity contribution < 1.29 is 21.6 Å². The predicted octanol–water partition coefficient (Wildman–Crippen LogP) is 1.22. The summed E-state index contributed by atoms with van der Waals surface area (Å²) in [5.74, 6) is 0.158. The lowest BCUT2D eigenvalue weighted by Gasteiger charge is -2.31. The summed E-state index contributed by atoms with van der Waals surface area (Å²) in [4.78, 5) is 0. The summed E-state index contributed by atoms with van der Waals surface area (Å²) in [6, 6.07) is 0. The number of nitrogens with two attached hydrogens (primary N) is 1. The molecule has 9 heteroatoms. The van der Waals surface area contributed by atoms with Crippen molar-refractivity contribution in [2.24, 2.45) is 11.7 Å². The third kappa shape index (κ3) is 6.38. The van der Waals surface area contributed by atoms with Gasteiger partial charge in [0.1, 0.15) is 0 Å². The zero-order valence-corrected chi connectivity index (χ0v) is 12.1. The number of halogens is 3. The van der Waals surface area contributed by atoms with Crippen molar-refractivity contribution >= 4 is 10.2 Å². The molecule has 1 rings (SSSR count). The fourth-order valence-electron chi connectivity index (χ4n) is 2.18. The first-order valence-corrected chi connectivity index (χ1v) is 8.20. The fourth-order valence-corrected chi connectivity index (χ4v) is 3.54. The lowest BCUT2D eigenvalue weighted by Crippen LogP contribution is -2.47. The summed E-state index contributed by atoms with van der Waals surface area (Å²) in [6.07, 6.45) is -3.29. The van der Waals surface area contributed by atoms with Crippen molar-refractivity contribution in [1.82, 2.24) is 9.03 Å². The quantitative estimate of drug-likeness (QED) is 0.693. The average Bonchev–Trinajstić information content (AvgIpc) is 2.37. The summed E-state index contributed by atoms with van der Waals surface area (Å²) in [5, 5.41) is 0. The largest absolute Gasteiger partial charge is 0.389 e. The van der Waals surface area contributed by atoms with Gasteiger partial charge in [-0.15, -0.1) is 0 Å². The minimum Gasteiger partial charge on any atom is -0.330 e. The minimum atomic E-state index is -4.18. The topological polar surface area (TPSA) is 75.4 Å². The molecule has 120 valence electrons. The van der Waals surface area contributed by atoms with Crippen LogP contribution in [-0.2, 0) is 10.2 Å². The maximum atomic E-state index is 12.0. The Hall–Kier alpha value is -0.380. The molecule has 0 amide bonds. The van der Waals surface area contributed by atoms with E-state index in [0.717, 1.165) is 12.8 Å². The van der Waals surface area contributed by atoms with Gasteiger partial charge in [0.25, 0.3) is 10.2 Å². The second-order valence-electron chi connectivity index (χ2n) is 5.07. The zero-order valence-electron chi connectivity index (χ0n) is 11.3. The summed E-state index contributed by atoms with van der Waals surface area (Å²) in [6.45, 7) is 1.29. The van der Waals surface area contributed by atoms with Crippen LogP contribution in [0.2, 0.25) is 0 Å². The van der Waals surface area contributed by atoms with E-state index < -0.39 is 22.8 Å². The van der Waals surface area contributed by atoms with E-state index in [4.69, 9.17) is 5.73 Å². The maximum Gasteiger partial charge on any atom is 0.389 e. The molecule has 0 saturated carbocycles. The number of rotatable bonds is 7. The van der Waals surface area contributed by atoms with E-state index in [-0.39, 0.29) is 25.3 Å². The SMILES string of the molecule is NCC1CCCN(S(=O)(=O)NCCCCC(F)(F)F)C1. The highest BCUT2D eigenvalue weighted by molar-refractivity contribution is 7.87. The molecular formula is C11H22F3N3O2S. The van der Waals surface area contributed by atoms with Gasteiger partial charge in [0, 0.05) is 26.1 Å². The predicted molar refractivity (Wildman–Crippen MR) is 70.2 cm³/mol. The molecule has 0 spiro atoms. The first-order valence-electron chi connectivity index (χ1n) is 6.76. The molecule has 0 aliphatic carbocycles. The van der Waals surface area contributed by atoms with Crippen LogP contribution in [0.4, 0.5) is 13.2 Å². The van der Waals surface area contributed by atoms with Crippen LogP contribution in [-0.4, -0.2) is 45.1 Å². The molecule has 5 nitrogen and oxygen atoms in total. The van der Waals surface area contributed by atoms with Crippen molar-refractivity contribution in [2.75, 3.05) is 26.2 Å². The number of nitrogens with one attached hydrogen (secondary N) is 1. The Bertz CT molecular complexity index is 387. The van der Waals surface area contributed by atoms with Gasteiger partial charge in [0.2, 0.25) is 0 Å². The molecule has 1 heterocycles. The third-order valence-electron chi connectivity index (χ3n) is 3.33. The smallest absolute Gasteiger partial charge is 0.330 e. The maximum absolute atomic E-state index is 12.0. The molecule has 1 aliphatic rings. The normalized spacial score (nSPS) is 22.1. The van der Waals surface area contributed by atoms with Crippen LogP contribution in [0.1, 0.15) is 32.1 Å². The Labute approximate surface area is 117 Å². The van der Waals surface area contributed by atoms with Gasteiger partial charge in [-0.2, -0.15) is 25.9 Å². The third-order valence-corrected chi connectivity index (χ3v) is 4.91. The first-order chi connectivity index (χ1) is 9.24. The number of nitrogens with zero attached hydrogens (tertiary/aromatic N) is 1. The zero-order chi connectivity index (χ0) is 15.2. The van der Waals surface area contributed by atoms with E-state index in [1.807, 2.05) is 0 Å². The Morgan fingerprint density at radius 1 is 1.30 bits per heavy atom. The minimum absolute atomic E-state index is 0.0300. The second-order valence-corrected chi connectivity index (χ2v) is 6.83. The summed E-state index contributed by atoms with van der Waals surface area (Å²) in [7, 11) is -3.60. The molecule has 0 bridgehead atoms. The molecule has 0 radical (unpaired) electrons. The Kier molecular flexibility index (Phi) is 6.70. The number of hydrogen-bond donors (Lipinski definition) is 2. The van der Waals surface area contributed by atoms with Crippen LogP contribution >= 0.6 is 0 Å². The summed E-state index contributed by atoms with van der Waals surface area (Å²) >= 11 is 0. The Morgan fingerprint density at radius 2 is 2.00 bits per heavy atom. The van der Waals surface area contributed by atoms with Crippen LogP contribution in [0.25, 0.3) is 0 Å². The molecule has 1 aliphatic heterocycles. The van der Waals surface area contributed by atoms with Crippen LogP contribution in [0, 0.1) is 5.92 Å². The van der Waals surface area contributed by atoms with Crippen LogP contribution < -0.4 is 10.5 Å². The number of hydrogen-bond acceptors (Lipinski definition) is 3. The van der Waals surface area contributed by atoms with Crippen molar-refractivity contribution in [3.63, 3.8) is 0 Å². The molecule has 0 aromatic rings. The highest BCUT2D eigenvalue weighted by Gasteiger charge is 2.28. The van der Waals surface area contributed by atoms with Gasteiger partial charge in [-0.3, -0.25) is 0 Å². The van der Waals surface area contributed by atoms with E-state index >= 15 is 0 Å². The van der Waals surface area contributed by atoms with Crippen LogP contribution in [0.3, 0.4) is 0 Å². The Balaban J connectivity index is 2.31. The molecule has 1 unspecified atom stereocenters. The van der Waals surface area contributed by atoms with E-state index in [9.17, 15) is 21.6 Å². The monoisotopic (exact) mass is 317 g/mol. The fraction of sp³-hybridized carbons (Fsp3) is 1.00. The lowest BCUT2D eigenvalue weighted by atomic mass is 10.0. The van der Waals surface area contributed by atoms with Gasteiger partial charge in [0.15, 0.2) is 0 Å². The molecule has 1 fully saturated rings. The van der Waals surface area contributed by atoms with Crippen molar-refractivity contribution in [2.45, 2.75) is 38.3 Å².